The van der Waals surface area contributed by atoms with Crippen LogP contribution in [0, 0.1) is 5.41 Å². The Labute approximate surface area is 86.9 Å². The molecule has 0 heterocycles. The molecule has 0 aliphatic carbocycles. The van der Waals surface area contributed by atoms with Crippen molar-refractivity contribution >= 4 is 29.1 Å². The van der Waals surface area contributed by atoms with E-state index in [0.717, 1.165) is 5.56 Å². The van der Waals surface area contributed by atoms with Crippen molar-refractivity contribution in [3.8, 4) is 0 Å². The fourth-order valence-corrected chi connectivity index (χ4v) is 1.54. The minimum absolute atomic E-state index is 0.193. The molecule has 4 heteroatoms. The summed E-state index contributed by atoms with van der Waals surface area (Å²) >= 11 is 11.6. The van der Waals surface area contributed by atoms with Crippen LogP contribution in [0.15, 0.2) is 18.2 Å². The summed E-state index contributed by atoms with van der Waals surface area (Å²) in [6, 6.07) is 5.19. The lowest BCUT2D eigenvalue weighted by Crippen LogP contribution is -2.03. The van der Waals surface area contributed by atoms with E-state index in [-0.39, 0.29) is 5.90 Å². The molecular formula is C9H9Cl2NO. The predicted molar refractivity (Wildman–Crippen MR) is 54.9 cm³/mol. The molecule has 0 aliphatic rings. The molecule has 0 unspecified atom stereocenters. The van der Waals surface area contributed by atoms with Crippen LogP contribution in [0.1, 0.15) is 5.56 Å². The molecule has 70 valence electrons. The molecule has 0 bridgehead atoms. The standard InChI is InChI=1S/C9H9Cl2NO/c1-13-9(12)4-6-2-7(10)5-8(11)3-6/h2-3,5,12H,4H2,1H3. The molecule has 2 nitrogen and oxygen atoms in total. The maximum atomic E-state index is 7.31. The van der Waals surface area contributed by atoms with Crippen LogP contribution in [0.25, 0.3) is 0 Å². The third-order valence-corrected chi connectivity index (χ3v) is 1.97. The summed E-state index contributed by atoms with van der Waals surface area (Å²) in [6.45, 7) is 0. The van der Waals surface area contributed by atoms with E-state index in [1.165, 1.54) is 7.11 Å². The predicted octanol–water partition coefficient (Wildman–Crippen LogP) is 3.16. The summed E-state index contributed by atoms with van der Waals surface area (Å²) in [7, 11) is 1.47. The first-order valence-corrected chi connectivity index (χ1v) is 4.44. The van der Waals surface area contributed by atoms with E-state index in [1.807, 2.05) is 0 Å². The molecular weight excluding hydrogens is 209 g/mol. The quantitative estimate of drug-likeness (QED) is 0.600. The molecule has 13 heavy (non-hydrogen) atoms. The Kier molecular flexibility index (Phi) is 3.58. The highest BCUT2D eigenvalue weighted by Gasteiger charge is 2.01. The smallest absolute Gasteiger partial charge is 0.184 e. The van der Waals surface area contributed by atoms with E-state index in [1.54, 1.807) is 18.2 Å². The van der Waals surface area contributed by atoms with E-state index in [9.17, 15) is 0 Å². The van der Waals surface area contributed by atoms with Crippen LogP contribution in [-0.2, 0) is 11.2 Å². The number of halogens is 2. The molecule has 1 rings (SSSR count). The first-order valence-electron chi connectivity index (χ1n) is 3.68. The highest BCUT2D eigenvalue weighted by atomic mass is 35.5. The van der Waals surface area contributed by atoms with Crippen molar-refractivity contribution in [2.24, 2.45) is 0 Å². The van der Waals surface area contributed by atoms with Gasteiger partial charge in [0.25, 0.3) is 0 Å². The van der Waals surface area contributed by atoms with E-state index < -0.39 is 0 Å². The molecule has 1 aromatic rings. The zero-order valence-corrected chi connectivity index (χ0v) is 8.62. The number of nitrogens with one attached hydrogen (secondary N) is 1. The van der Waals surface area contributed by atoms with Crippen molar-refractivity contribution in [3.05, 3.63) is 33.8 Å². The number of hydrogen-bond acceptors (Lipinski definition) is 2. The van der Waals surface area contributed by atoms with Gasteiger partial charge in [-0.1, -0.05) is 23.2 Å². The second kappa shape index (κ2) is 4.49. The molecule has 0 aromatic heterocycles. The van der Waals surface area contributed by atoms with Crippen molar-refractivity contribution in [2.75, 3.05) is 7.11 Å². The fourth-order valence-electron chi connectivity index (χ4n) is 0.971. The zero-order chi connectivity index (χ0) is 9.84. The largest absolute Gasteiger partial charge is 0.484 e. The maximum Gasteiger partial charge on any atom is 0.184 e. The lowest BCUT2D eigenvalue weighted by Gasteiger charge is -2.03. The Morgan fingerprint density at radius 1 is 1.31 bits per heavy atom. The van der Waals surface area contributed by atoms with Crippen LogP contribution in [0.5, 0.6) is 0 Å². The van der Waals surface area contributed by atoms with Gasteiger partial charge in [0.05, 0.1) is 7.11 Å². The number of methoxy groups -OCH3 is 1. The van der Waals surface area contributed by atoms with Crippen molar-refractivity contribution in [1.82, 2.24) is 0 Å². The normalized spacial score (nSPS) is 9.77. The van der Waals surface area contributed by atoms with Crippen molar-refractivity contribution in [2.45, 2.75) is 6.42 Å². The van der Waals surface area contributed by atoms with Gasteiger partial charge in [0.2, 0.25) is 0 Å². The van der Waals surface area contributed by atoms with Crippen molar-refractivity contribution < 1.29 is 4.74 Å². The average Bonchev–Trinajstić information content (AvgIpc) is 2.02. The van der Waals surface area contributed by atoms with Crippen molar-refractivity contribution in [3.63, 3.8) is 0 Å². The van der Waals surface area contributed by atoms with Crippen LogP contribution in [0.3, 0.4) is 0 Å². The SMILES string of the molecule is COC(=N)Cc1cc(Cl)cc(Cl)c1. The van der Waals surface area contributed by atoms with E-state index in [4.69, 9.17) is 33.3 Å². The van der Waals surface area contributed by atoms with Crippen LogP contribution in [0.4, 0.5) is 0 Å². The first-order chi connectivity index (χ1) is 6.11. The summed E-state index contributed by atoms with van der Waals surface area (Å²) in [5.41, 5.74) is 0.879. The molecule has 0 amide bonds. The molecule has 0 radical (unpaired) electrons. The summed E-state index contributed by atoms with van der Waals surface area (Å²) in [4.78, 5) is 0. The van der Waals surface area contributed by atoms with Gasteiger partial charge < -0.3 is 4.74 Å². The molecule has 0 spiro atoms. The number of ether oxygens (including phenoxy) is 1. The summed E-state index contributed by atoms with van der Waals surface area (Å²) in [5.74, 6) is 0.193. The molecule has 0 atom stereocenters. The van der Waals surface area contributed by atoms with Crippen LogP contribution >= 0.6 is 23.2 Å². The molecule has 0 saturated heterocycles. The van der Waals surface area contributed by atoms with Gasteiger partial charge in [0.15, 0.2) is 5.90 Å². The maximum absolute atomic E-state index is 7.31. The Morgan fingerprint density at radius 2 is 1.85 bits per heavy atom. The molecule has 0 aliphatic heterocycles. The van der Waals surface area contributed by atoms with Crippen LogP contribution in [0.2, 0.25) is 10.0 Å². The van der Waals surface area contributed by atoms with E-state index in [2.05, 4.69) is 0 Å². The first kappa shape index (κ1) is 10.4. The lowest BCUT2D eigenvalue weighted by atomic mass is 10.1. The van der Waals surface area contributed by atoms with Gasteiger partial charge in [-0.3, -0.25) is 5.41 Å². The highest BCUT2D eigenvalue weighted by molar-refractivity contribution is 6.34. The van der Waals surface area contributed by atoms with Gasteiger partial charge >= 0.3 is 0 Å². The minimum Gasteiger partial charge on any atom is -0.484 e. The summed E-state index contributed by atoms with van der Waals surface area (Å²) in [6.07, 6.45) is 0.413. The third kappa shape index (κ3) is 3.25. The molecule has 0 saturated carbocycles. The highest BCUT2D eigenvalue weighted by Crippen LogP contribution is 2.19. The Morgan fingerprint density at radius 3 is 2.31 bits per heavy atom. The minimum atomic E-state index is 0.193. The Balaban J connectivity index is 2.83. The Bertz CT molecular complexity index is 305. The molecule has 1 N–H and O–H groups in total. The van der Waals surface area contributed by atoms with Crippen LogP contribution < -0.4 is 0 Å². The fraction of sp³-hybridized carbons (Fsp3) is 0.222. The lowest BCUT2D eigenvalue weighted by molar-refractivity contribution is 0.390. The van der Waals surface area contributed by atoms with Gasteiger partial charge in [-0.15, -0.1) is 0 Å². The second-order valence-electron chi connectivity index (χ2n) is 2.58. The Hall–Kier alpha value is -0.730. The molecule has 1 aromatic carbocycles. The summed E-state index contributed by atoms with van der Waals surface area (Å²) < 4.78 is 4.73. The van der Waals surface area contributed by atoms with E-state index in [0.29, 0.717) is 16.5 Å². The van der Waals surface area contributed by atoms with Crippen molar-refractivity contribution in [1.29, 1.82) is 5.41 Å². The number of benzene rings is 1. The topological polar surface area (TPSA) is 33.1 Å². The average molecular weight is 218 g/mol. The van der Waals surface area contributed by atoms with Gasteiger partial charge in [-0.25, -0.2) is 0 Å². The number of hydrogen-bond donors (Lipinski definition) is 1. The van der Waals surface area contributed by atoms with Crippen LogP contribution in [-0.4, -0.2) is 13.0 Å². The third-order valence-electron chi connectivity index (χ3n) is 1.53. The molecule has 0 fully saturated rings. The van der Waals surface area contributed by atoms with Gasteiger partial charge in [0.1, 0.15) is 0 Å². The zero-order valence-electron chi connectivity index (χ0n) is 7.10. The van der Waals surface area contributed by atoms with Gasteiger partial charge in [-0.2, -0.15) is 0 Å². The van der Waals surface area contributed by atoms with Gasteiger partial charge in [0, 0.05) is 16.5 Å². The van der Waals surface area contributed by atoms with E-state index >= 15 is 0 Å². The second-order valence-corrected chi connectivity index (χ2v) is 3.45. The van der Waals surface area contributed by atoms with Gasteiger partial charge in [-0.05, 0) is 23.8 Å². The summed E-state index contributed by atoms with van der Waals surface area (Å²) in [5, 5.41) is 8.46. The monoisotopic (exact) mass is 217 g/mol. The number of rotatable bonds is 2.